The molecule has 0 unspecified atom stereocenters. The van der Waals surface area contributed by atoms with E-state index in [9.17, 15) is 4.79 Å². The van der Waals surface area contributed by atoms with Crippen LogP contribution in [0.15, 0.2) is 5.16 Å². The lowest BCUT2D eigenvalue weighted by Crippen LogP contribution is -2.14. The highest BCUT2D eigenvalue weighted by Crippen LogP contribution is 2.21. The third-order valence-electron chi connectivity index (χ3n) is 2.82. The molecule has 1 heterocycles. The first-order valence-electron chi connectivity index (χ1n) is 6.84. The standard InChI is InChI=1S/C13H24N4O2S/c1-10(2)12-14-15-13(20-9-11(18)19)17(12)8-6-5-7-16(3)4/h10H,5-9H2,1-4H3,(H,18,19). The van der Waals surface area contributed by atoms with Crippen LogP contribution in [-0.4, -0.2) is 57.1 Å². The van der Waals surface area contributed by atoms with E-state index < -0.39 is 5.97 Å². The molecule has 0 saturated heterocycles. The Morgan fingerprint density at radius 2 is 2.05 bits per heavy atom. The SMILES string of the molecule is CC(C)c1nnc(SCC(=O)O)n1CCCCN(C)C. The number of carbonyl (C=O) groups is 1. The molecule has 6 nitrogen and oxygen atoms in total. The second-order valence-corrected chi connectivity index (χ2v) is 6.28. The Morgan fingerprint density at radius 1 is 1.35 bits per heavy atom. The number of carboxylic acids is 1. The van der Waals surface area contributed by atoms with Gasteiger partial charge < -0.3 is 14.6 Å². The first-order chi connectivity index (χ1) is 9.41. The minimum Gasteiger partial charge on any atom is -0.481 e. The molecule has 20 heavy (non-hydrogen) atoms. The molecule has 1 aromatic rings. The van der Waals surface area contributed by atoms with E-state index >= 15 is 0 Å². The number of rotatable bonds is 9. The van der Waals surface area contributed by atoms with Crippen molar-refractivity contribution >= 4 is 17.7 Å². The van der Waals surface area contributed by atoms with Gasteiger partial charge in [-0.15, -0.1) is 10.2 Å². The summed E-state index contributed by atoms with van der Waals surface area (Å²) in [6.45, 7) is 6.05. The van der Waals surface area contributed by atoms with Gasteiger partial charge in [-0.1, -0.05) is 25.6 Å². The number of unbranched alkanes of at least 4 members (excludes halogenated alkanes) is 1. The van der Waals surface area contributed by atoms with Crippen LogP contribution in [-0.2, 0) is 11.3 Å². The predicted molar refractivity (Wildman–Crippen MR) is 80.3 cm³/mol. The molecule has 0 aliphatic carbocycles. The minimum absolute atomic E-state index is 0.0218. The van der Waals surface area contributed by atoms with Gasteiger partial charge >= 0.3 is 5.97 Å². The zero-order valence-electron chi connectivity index (χ0n) is 12.7. The van der Waals surface area contributed by atoms with Gasteiger partial charge in [-0.05, 0) is 33.5 Å². The second-order valence-electron chi connectivity index (χ2n) is 5.34. The van der Waals surface area contributed by atoms with Gasteiger partial charge in [0.15, 0.2) is 5.16 Å². The number of thioether (sulfide) groups is 1. The monoisotopic (exact) mass is 300 g/mol. The highest BCUT2D eigenvalue weighted by molar-refractivity contribution is 7.99. The molecular weight excluding hydrogens is 276 g/mol. The van der Waals surface area contributed by atoms with Crippen molar-refractivity contribution in [3.63, 3.8) is 0 Å². The average molecular weight is 300 g/mol. The summed E-state index contributed by atoms with van der Waals surface area (Å²) in [4.78, 5) is 12.8. The van der Waals surface area contributed by atoms with Crippen molar-refractivity contribution in [2.45, 2.75) is 44.3 Å². The lowest BCUT2D eigenvalue weighted by molar-refractivity contribution is -0.133. The summed E-state index contributed by atoms with van der Waals surface area (Å²) < 4.78 is 2.06. The summed E-state index contributed by atoms with van der Waals surface area (Å²) in [5.74, 6) is 0.412. The number of carboxylic acid groups (broad SMARTS) is 1. The first-order valence-corrected chi connectivity index (χ1v) is 7.82. The Kier molecular flexibility index (Phi) is 7.01. The lowest BCUT2D eigenvalue weighted by atomic mass is 10.2. The van der Waals surface area contributed by atoms with Crippen LogP contribution in [0, 0.1) is 0 Å². The number of aliphatic carboxylic acids is 1. The maximum atomic E-state index is 10.7. The summed E-state index contributed by atoms with van der Waals surface area (Å²) in [6.07, 6.45) is 2.14. The molecule has 0 saturated carbocycles. The third kappa shape index (κ3) is 5.50. The number of hydrogen-bond donors (Lipinski definition) is 1. The fourth-order valence-corrected chi connectivity index (χ4v) is 2.56. The van der Waals surface area contributed by atoms with Crippen LogP contribution in [0.5, 0.6) is 0 Å². The van der Waals surface area contributed by atoms with E-state index in [1.165, 1.54) is 11.8 Å². The number of hydrogen-bond acceptors (Lipinski definition) is 5. The molecule has 1 aromatic heterocycles. The third-order valence-corrected chi connectivity index (χ3v) is 3.78. The lowest BCUT2D eigenvalue weighted by Gasteiger charge is -2.13. The Hall–Kier alpha value is -1.08. The summed E-state index contributed by atoms with van der Waals surface area (Å²) in [5, 5.41) is 17.8. The van der Waals surface area contributed by atoms with Crippen LogP contribution in [0.2, 0.25) is 0 Å². The number of nitrogens with zero attached hydrogens (tertiary/aromatic N) is 4. The first kappa shape index (κ1) is 17.0. The summed E-state index contributed by atoms with van der Waals surface area (Å²) in [5.41, 5.74) is 0. The summed E-state index contributed by atoms with van der Waals surface area (Å²) >= 11 is 1.24. The molecule has 1 rings (SSSR count). The van der Waals surface area contributed by atoms with Crippen molar-refractivity contribution in [3.8, 4) is 0 Å². The topological polar surface area (TPSA) is 71.2 Å². The van der Waals surface area contributed by atoms with Crippen LogP contribution in [0.25, 0.3) is 0 Å². The van der Waals surface area contributed by atoms with Crippen molar-refractivity contribution in [2.24, 2.45) is 0 Å². The fraction of sp³-hybridized carbons (Fsp3) is 0.769. The molecule has 0 aliphatic rings. The van der Waals surface area contributed by atoms with Gasteiger partial charge in [0.05, 0.1) is 5.75 Å². The normalized spacial score (nSPS) is 11.5. The average Bonchev–Trinajstić information content (AvgIpc) is 2.75. The van der Waals surface area contributed by atoms with Gasteiger partial charge in [-0.2, -0.15) is 0 Å². The van der Waals surface area contributed by atoms with E-state index in [0.717, 1.165) is 31.8 Å². The quantitative estimate of drug-likeness (QED) is 0.555. The molecule has 0 radical (unpaired) electrons. The number of aromatic nitrogens is 3. The van der Waals surface area contributed by atoms with Gasteiger partial charge in [0.25, 0.3) is 0 Å². The van der Waals surface area contributed by atoms with Crippen LogP contribution in [0.4, 0.5) is 0 Å². The van der Waals surface area contributed by atoms with Crippen molar-refractivity contribution in [1.82, 2.24) is 19.7 Å². The molecule has 114 valence electrons. The molecule has 0 bridgehead atoms. The van der Waals surface area contributed by atoms with E-state index in [2.05, 4.69) is 47.6 Å². The maximum Gasteiger partial charge on any atom is 0.313 e. The van der Waals surface area contributed by atoms with Crippen LogP contribution >= 0.6 is 11.8 Å². The maximum absolute atomic E-state index is 10.7. The van der Waals surface area contributed by atoms with Crippen molar-refractivity contribution < 1.29 is 9.90 Å². The fourth-order valence-electron chi connectivity index (χ4n) is 1.87. The Bertz CT molecular complexity index is 432. The predicted octanol–water partition coefficient (Wildman–Crippen LogP) is 1.92. The van der Waals surface area contributed by atoms with Gasteiger partial charge in [-0.25, -0.2) is 0 Å². The van der Waals surface area contributed by atoms with Gasteiger partial charge in [0.2, 0.25) is 0 Å². The molecule has 0 aliphatic heterocycles. The zero-order chi connectivity index (χ0) is 15.1. The van der Waals surface area contributed by atoms with Crippen molar-refractivity contribution in [2.75, 3.05) is 26.4 Å². The largest absolute Gasteiger partial charge is 0.481 e. The van der Waals surface area contributed by atoms with Crippen molar-refractivity contribution in [1.29, 1.82) is 0 Å². The molecule has 0 spiro atoms. The molecule has 0 atom stereocenters. The van der Waals surface area contributed by atoms with E-state index in [0.29, 0.717) is 5.16 Å². The smallest absolute Gasteiger partial charge is 0.313 e. The Balaban J connectivity index is 2.67. The van der Waals surface area contributed by atoms with Crippen LogP contribution in [0.1, 0.15) is 38.4 Å². The second kappa shape index (κ2) is 8.26. The summed E-state index contributed by atoms with van der Waals surface area (Å²) in [7, 11) is 4.12. The molecule has 0 aromatic carbocycles. The van der Waals surface area contributed by atoms with Gasteiger partial charge in [0, 0.05) is 12.5 Å². The molecule has 0 fully saturated rings. The summed E-state index contributed by atoms with van der Waals surface area (Å²) in [6, 6.07) is 0. The highest BCUT2D eigenvalue weighted by atomic mass is 32.2. The van der Waals surface area contributed by atoms with E-state index in [1.54, 1.807) is 0 Å². The van der Waals surface area contributed by atoms with E-state index in [1.807, 2.05) is 0 Å². The van der Waals surface area contributed by atoms with E-state index in [-0.39, 0.29) is 11.7 Å². The van der Waals surface area contributed by atoms with Gasteiger partial charge in [-0.3, -0.25) is 4.79 Å². The molecule has 0 amide bonds. The van der Waals surface area contributed by atoms with Crippen LogP contribution < -0.4 is 0 Å². The minimum atomic E-state index is -0.830. The highest BCUT2D eigenvalue weighted by Gasteiger charge is 2.15. The Morgan fingerprint density at radius 3 is 2.60 bits per heavy atom. The zero-order valence-corrected chi connectivity index (χ0v) is 13.5. The molecule has 1 N–H and O–H groups in total. The van der Waals surface area contributed by atoms with E-state index in [4.69, 9.17) is 5.11 Å². The molecule has 7 heteroatoms. The van der Waals surface area contributed by atoms with Crippen molar-refractivity contribution in [3.05, 3.63) is 5.82 Å². The van der Waals surface area contributed by atoms with Gasteiger partial charge in [0.1, 0.15) is 5.82 Å². The Labute approximate surface area is 124 Å². The molecular formula is C13H24N4O2S. The van der Waals surface area contributed by atoms with Crippen LogP contribution in [0.3, 0.4) is 0 Å².